The zero-order chi connectivity index (χ0) is 13.0. The van der Waals surface area contributed by atoms with Crippen molar-refractivity contribution >= 4 is 15.2 Å². The van der Waals surface area contributed by atoms with Crippen molar-refractivity contribution in [1.29, 1.82) is 0 Å². The van der Waals surface area contributed by atoms with Gasteiger partial charge in [-0.3, -0.25) is 9.13 Å². The molecule has 0 heterocycles. The predicted molar refractivity (Wildman–Crippen MR) is 60.5 cm³/mol. The Balaban J connectivity index is 4.70. The molecule has 0 rings (SSSR count). The summed E-state index contributed by atoms with van der Waals surface area (Å²) in [5, 5.41) is 0. The molecule has 0 radical (unpaired) electrons. The van der Waals surface area contributed by atoms with Gasteiger partial charge in [-0.25, -0.2) is 0 Å². The molecule has 0 aliphatic heterocycles. The molecule has 0 aromatic heterocycles. The van der Waals surface area contributed by atoms with Gasteiger partial charge in [-0.05, 0) is 13.1 Å². The fourth-order valence-corrected chi connectivity index (χ4v) is 3.92. The quantitative estimate of drug-likeness (QED) is 0.485. The topological polar surface area (TPSA) is 118 Å². The van der Waals surface area contributed by atoms with Gasteiger partial charge in [-0.15, -0.1) is 0 Å². The molecular formula is C7H19NO6P2. The Morgan fingerprint density at radius 1 is 1.06 bits per heavy atom. The molecule has 0 saturated carbocycles. The largest absolute Gasteiger partial charge is 0.330 e. The first-order valence-corrected chi connectivity index (χ1v) is 8.40. The van der Waals surface area contributed by atoms with Crippen molar-refractivity contribution in [2.45, 2.75) is 19.5 Å². The Morgan fingerprint density at radius 2 is 1.50 bits per heavy atom. The lowest BCUT2D eigenvalue weighted by atomic mass is 10.4. The first kappa shape index (κ1) is 16.3. The third kappa shape index (κ3) is 6.76. The molecular weight excluding hydrogens is 256 g/mol. The summed E-state index contributed by atoms with van der Waals surface area (Å²) < 4.78 is 21.9. The number of rotatable bonds is 7. The van der Waals surface area contributed by atoms with Crippen molar-refractivity contribution in [3.63, 3.8) is 0 Å². The van der Waals surface area contributed by atoms with E-state index in [0.29, 0.717) is 13.1 Å². The molecule has 0 amide bonds. The second-order valence-electron chi connectivity index (χ2n) is 3.58. The van der Waals surface area contributed by atoms with Gasteiger partial charge in [0, 0.05) is 6.54 Å². The maximum absolute atomic E-state index is 11.1. The first-order valence-electron chi connectivity index (χ1n) is 4.92. The summed E-state index contributed by atoms with van der Waals surface area (Å²) >= 11 is 0. The SMILES string of the molecule is CCN(CC)C[C@H](CP(=O)(O)O)P(=O)(O)O. The minimum absolute atomic E-state index is 0.0115. The van der Waals surface area contributed by atoms with Crippen molar-refractivity contribution in [2.75, 3.05) is 25.8 Å². The van der Waals surface area contributed by atoms with Gasteiger partial charge in [0.2, 0.25) is 0 Å². The van der Waals surface area contributed by atoms with E-state index in [1.165, 1.54) is 0 Å². The fourth-order valence-electron chi connectivity index (χ4n) is 1.32. The highest BCUT2D eigenvalue weighted by molar-refractivity contribution is 7.56. The van der Waals surface area contributed by atoms with Gasteiger partial charge in [0.15, 0.2) is 0 Å². The van der Waals surface area contributed by atoms with E-state index < -0.39 is 27.0 Å². The molecule has 0 unspecified atom stereocenters. The van der Waals surface area contributed by atoms with E-state index in [1.54, 1.807) is 4.90 Å². The minimum atomic E-state index is -4.49. The fraction of sp³-hybridized carbons (Fsp3) is 1.00. The van der Waals surface area contributed by atoms with Crippen LogP contribution < -0.4 is 0 Å². The number of hydrogen-bond donors (Lipinski definition) is 4. The summed E-state index contributed by atoms with van der Waals surface area (Å²) in [7, 11) is -8.90. The molecule has 0 saturated heterocycles. The van der Waals surface area contributed by atoms with E-state index in [2.05, 4.69) is 0 Å². The summed E-state index contributed by atoms with van der Waals surface area (Å²) in [6.07, 6.45) is -0.784. The van der Waals surface area contributed by atoms with Crippen LogP contribution in [0.1, 0.15) is 13.8 Å². The number of nitrogens with zero attached hydrogens (tertiary/aromatic N) is 1. The van der Waals surface area contributed by atoms with E-state index in [9.17, 15) is 9.13 Å². The van der Waals surface area contributed by atoms with E-state index in [4.69, 9.17) is 19.6 Å². The Labute approximate surface area is 94.8 Å². The minimum Gasteiger partial charge on any atom is -0.324 e. The molecule has 98 valence electrons. The maximum Gasteiger partial charge on any atom is 0.330 e. The Morgan fingerprint density at radius 3 is 1.75 bits per heavy atom. The molecule has 9 heteroatoms. The van der Waals surface area contributed by atoms with Gasteiger partial charge in [-0.2, -0.15) is 0 Å². The summed E-state index contributed by atoms with van der Waals surface area (Å²) in [4.78, 5) is 37.3. The second-order valence-corrected chi connectivity index (χ2v) is 7.18. The molecule has 0 aromatic rings. The molecule has 0 fully saturated rings. The lowest BCUT2D eigenvalue weighted by molar-refractivity contribution is 0.278. The molecule has 16 heavy (non-hydrogen) atoms. The van der Waals surface area contributed by atoms with E-state index in [-0.39, 0.29) is 6.54 Å². The smallest absolute Gasteiger partial charge is 0.324 e. The highest BCUT2D eigenvalue weighted by Crippen LogP contribution is 2.48. The molecule has 4 N–H and O–H groups in total. The van der Waals surface area contributed by atoms with Crippen molar-refractivity contribution in [3.05, 3.63) is 0 Å². The molecule has 1 atom stereocenters. The lowest BCUT2D eigenvalue weighted by Gasteiger charge is -2.25. The van der Waals surface area contributed by atoms with Crippen LogP contribution in [0.2, 0.25) is 0 Å². The third-order valence-corrected chi connectivity index (χ3v) is 4.79. The molecule has 0 bridgehead atoms. The van der Waals surface area contributed by atoms with E-state index in [0.717, 1.165) is 0 Å². The van der Waals surface area contributed by atoms with Gasteiger partial charge in [0.1, 0.15) is 0 Å². The molecule has 7 nitrogen and oxygen atoms in total. The van der Waals surface area contributed by atoms with Crippen LogP contribution in [0.4, 0.5) is 0 Å². The summed E-state index contributed by atoms with van der Waals surface area (Å²) in [6.45, 7) is 4.78. The van der Waals surface area contributed by atoms with Crippen molar-refractivity contribution in [2.24, 2.45) is 0 Å². The standard InChI is InChI=1S/C7H19NO6P2/c1-3-8(4-2)5-7(16(12,13)14)6-15(9,10)11/h7H,3-6H2,1-2H3,(H2,9,10,11)(H2,12,13,14)/t7-/m1/s1. The zero-order valence-electron chi connectivity index (χ0n) is 9.35. The van der Waals surface area contributed by atoms with Crippen LogP contribution in [0.3, 0.4) is 0 Å². The normalized spacial score (nSPS) is 15.4. The average molecular weight is 275 g/mol. The maximum atomic E-state index is 11.1. The third-order valence-electron chi connectivity index (χ3n) is 2.29. The zero-order valence-corrected chi connectivity index (χ0v) is 11.1. The van der Waals surface area contributed by atoms with Gasteiger partial charge < -0.3 is 24.5 Å². The number of hydrogen-bond acceptors (Lipinski definition) is 3. The lowest BCUT2D eigenvalue weighted by Crippen LogP contribution is -2.34. The van der Waals surface area contributed by atoms with Gasteiger partial charge in [0.05, 0.1) is 11.8 Å². The Hall–Kier alpha value is 0.260. The van der Waals surface area contributed by atoms with Crippen LogP contribution in [0, 0.1) is 0 Å². The molecule has 0 aliphatic rings. The molecule has 0 aliphatic carbocycles. The molecule has 0 spiro atoms. The second kappa shape index (κ2) is 6.26. The van der Waals surface area contributed by atoms with Crippen LogP contribution in [-0.4, -0.2) is 55.9 Å². The average Bonchev–Trinajstić information content (AvgIpc) is 2.08. The van der Waals surface area contributed by atoms with Crippen molar-refractivity contribution < 1.29 is 28.7 Å². The van der Waals surface area contributed by atoms with Crippen molar-refractivity contribution in [3.8, 4) is 0 Å². The van der Waals surface area contributed by atoms with Gasteiger partial charge in [0.25, 0.3) is 0 Å². The van der Waals surface area contributed by atoms with E-state index >= 15 is 0 Å². The molecule has 0 aromatic carbocycles. The van der Waals surface area contributed by atoms with Crippen LogP contribution in [0.15, 0.2) is 0 Å². The van der Waals surface area contributed by atoms with Crippen LogP contribution >= 0.6 is 15.2 Å². The summed E-state index contributed by atoms with van der Waals surface area (Å²) in [6, 6.07) is 0. The monoisotopic (exact) mass is 275 g/mol. The van der Waals surface area contributed by atoms with E-state index in [1.807, 2.05) is 13.8 Å². The Kier molecular flexibility index (Phi) is 6.36. The first-order chi connectivity index (χ1) is 7.10. The Bertz CT molecular complexity index is 293. The van der Waals surface area contributed by atoms with Crippen molar-refractivity contribution in [1.82, 2.24) is 4.90 Å². The van der Waals surface area contributed by atoms with Crippen LogP contribution in [0.25, 0.3) is 0 Å². The highest BCUT2D eigenvalue weighted by Gasteiger charge is 2.35. The van der Waals surface area contributed by atoms with Gasteiger partial charge in [-0.1, -0.05) is 13.8 Å². The van der Waals surface area contributed by atoms with Crippen LogP contribution in [0.5, 0.6) is 0 Å². The summed E-state index contributed by atoms with van der Waals surface area (Å²) in [5.74, 6) is 0. The highest BCUT2D eigenvalue weighted by atomic mass is 31.2. The predicted octanol–water partition coefficient (Wildman–Crippen LogP) is 0.0522. The van der Waals surface area contributed by atoms with Gasteiger partial charge >= 0.3 is 15.2 Å². The summed E-state index contributed by atoms with van der Waals surface area (Å²) in [5.41, 5.74) is -1.31. The van der Waals surface area contributed by atoms with Crippen LogP contribution in [-0.2, 0) is 9.13 Å².